The number of hydrogen-bond donors (Lipinski definition) is 0. The average molecular weight is 173 g/mol. The molecule has 0 saturated carbocycles. The summed E-state index contributed by atoms with van der Waals surface area (Å²) in [6.45, 7) is 4.47. The van der Waals surface area contributed by atoms with Crippen LogP contribution in [0.4, 0.5) is 0 Å². The second kappa shape index (κ2) is 3.85. The zero-order chi connectivity index (χ0) is 8.97. The molecule has 0 bridgehead atoms. The van der Waals surface area contributed by atoms with E-state index < -0.39 is 0 Å². The molecule has 1 heterocycles. The quantitative estimate of drug-likeness (QED) is 0.629. The Morgan fingerprint density at radius 1 is 1.42 bits per heavy atom. The Bertz CT molecular complexity index is 246. The molecule has 1 rings (SSSR count). The fourth-order valence-electron chi connectivity index (χ4n) is 0.759. The molecule has 0 radical (unpaired) electrons. The van der Waals surface area contributed by atoms with E-state index in [0.29, 0.717) is 13.2 Å². The van der Waals surface area contributed by atoms with E-state index in [4.69, 9.17) is 9.47 Å². The Kier molecular flexibility index (Phi) is 2.79. The van der Waals surface area contributed by atoms with E-state index in [1.165, 1.54) is 6.07 Å². The average Bonchev–Trinajstić information content (AvgIpc) is 2.34. The molecular weight excluding hydrogens is 162 g/mol. The first kappa shape index (κ1) is 8.70. The summed E-state index contributed by atoms with van der Waals surface area (Å²) in [6, 6.07) is 1.42. The molecule has 5 heteroatoms. The first-order chi connectivity index (χ1) is 5.77. The Hall–Kier alpha value is -1.39. The highest BCUT2D eigenvalue weighted by Gasteiger charge is 2.13. The van der Waals surface area contributed by atoms with E-state index >= 15 is 0 Å². The second-order valence-corrected chi connectivity index (χ2v) is 2.02. The van der Waals surface area contributed by atoms with Crippen LogP contribution in [-0.4, -0.2) is 13.2 Å². The molecule has 12 heavy (non-hydrogen) atoms. The first-order valence-electron chi connectivity index (χ1n) is 3.77. The van der Waals surface area contributed by atoms with E-state index in [1.54, 1.807) is 13.8 Å². The maximum Gasteiger partial charge on any atom is 0.431 e. The molecule has 0 unspecified atom stereocenters. The summed E-state index contributed by atoms with van der Waals surface area (Å²) in [7, 11) is 0. The van der Waals surface area contributed by atoms with Crippen LogP contribution >= 0.6 is 0 Å². The number of rotatable bonds is 4. The lowest BCUT2D eigenvalue weighted by Gasteiger charge is -1.94. The van der Waals surface area contributed by atoms with E-state index in [-0.39, 0.29) is 16.7 Å². The third kappa shape index (κ3) is 1.81. The third-order valence-corrected chi connectivity index (χ3v) is 1.17. The monoisotopic (exact) mass is 173 g/mol. The summed E-state index contributed by atoms with van der Waals surface area (Å²) >= 11 is 0. The van der Waals surface area contributed by atoms with Crippen molar-refractivity contribution in [1.82, 2.24) is 0 Å². The molecule has 0 spiro atoms. The fourth-order valence-corrected chi connectivity index (χ4v) is 0.759. The molecule has 0 aliphatic heterocycles. The zero-order valence-corrected chi connectivity index (χ0v) is 7.07. The van der Waals surface area contributed by atoms with Gasteiger partial charge in [0.25, 0.3) is 0 Å². The van der Waals surface area contributed by atoms with Crippen molar-refractivity contribution in [2.24, 2.45) is 0 Å². The van der Waals surface area contributed by atoms with Gasteiger partial charge in [-0.15, -0.1) is 0 Å². The number of aromatic nitrogens is 1. The molecule has 1 aromatic rings. The summed E-state index contributed by atoms with van der Waals surface area (Å²) in [5.41, 5.74) is 0. The van der Waals surface area contributed by atoms with Gasteiger partial charge in [-0.05, 0) is 13.8 Å². The van der Waals surface area contributed by atoms with Crippen LogP contribution in [0.3, 0.4) is 0 Å². The third-order valence-electron chi connectivity index (χ3n) is 1.17. The van der Waals surface area contributed by atoms with Gasteiger partial charge in [-0.3, -0.25) is 5.21 Å². The number of ether oxygens (including phenoxy) is 2. The van der Waals surface area contributed by atoms with Gasteiger partial charge >= 0.3 is 5.88 Å². The van der Waals surface area contributed by atoms with Crippen LogP contribution in [0.15, 0.2) is 10.6 Å². The Morgan fingerprint density at radius 3 is 2.67 bits per heavy atom. The maximum absolute atomic E-state index is 10.8. The van der Waals surface area contributed by atoms with Crippen molar-refractivity contribution in [1.29, 1.82) is 0 Å². The highest BCUT2D eigenvalue weighted by Crippen LogP contribution is 2.15. The van der Waals surface area contributed by atoms with Crippen molar-refractivity contribution in [3.63, 3.8) is 0 Å². The van der Waals surface area contributed by atoms with Crippen molar-refractivity contribution < 1.29 is 18.9 Å². The van der Waals surface area contributed by atoms with Crippen molar-refractivity contribution >= 4 is 0 Å². The summed E-state index contributed by atoms with van der Waals surface area (Å²) in [6.07, 6.45) is 0. The van der Waals surface area contributed by atoms with Crippen LogP contribution in [0.25, 0.3) is 0 Å². The smallest absolute Gasteiger partial charge is 0.431 e. The van der Waals surface area contributed by atoms with Crippen LogP contribution in [0.5, 0.6) is 11.8 Å². The van der Waals surface area contributed by atoms with Crippen LogP contribution in [0.1, 0.15) is 13.8 Å². The highest BCUT2D eigenvalue weighted by molar-refractivity contribution is 5.10. The molecular formula is C7H11NO4. The standard InChI is InChI=1S/C7H11NO4/c1-3-10-6-5-7(11-4-2)12-8(6)9/h5H,3-4H2,1-2H3. The summed E-state index contributed by atoms with van der Waals surface area (Å²) in [5, 5.41) is 10.8. The lowest BCUT2D eigenvalue weighted by Crippen LogP contribution is -2.24. The molecule has 0 N–H and O–H groups in total. The molecule has 0 aliphatic rings. The van der Waals surface area contributed by atoms with Crippen molar-refractivity contribution in [3.05, 3.63) is 11.3 Å². The van der Waals surface area contributed by atoms with Crippen LogP contribution in [0, 0.1) is 5.21 Å². The van der Waals surface area contributed by atoms with Gasteiger partial charge in [-0.1, -0.05) is 0 Å². The highest BCUT2D eigenvalue weighted by atomic mass is 16.8. The minimum Gasteiger partial charge on any atom is -0.482 e. The molecule has 0 amide bonds. The van der Waals surface area contributed by atoms with E-state index in [0.717, 1.165) is 0 Å². The zero-order valence-electron chi connectivity index (χ0n) is 7.07. The van der Waals surface area contributed by atoms with Gasteiger partial charge in [0, 0.05) is 0 Å². The largest absolute Gasteiger partial charge is 0.482 e. The van der Waals surface area contributed by atoms with E-state index in [1.807, 2.05) is 0 Å². The van der Waals surface area contributed by atoms with Gasteiger partial charge in [-0.25, -0.2) is 0 Å². The second-order valence-electron chi connectivity index (χ2n) is 2.02. The lowest BCUT2D eigenvalue weighted by molar-refractivity contribution is -0.796. The van der Waals surface area contributed by atoms with Gasteiger partial charge < -0.3 is 14.0 Å². The Morgan fingerprint density at radius 2 is 2.08 bits per heavy atom. The normalized spacial score (nSPS) is 9.83. The molecule has 0 fully saturated rings. The van der Waals surface area contributed by atoms with E-state index in [2.05, 4.69) is 4.52 Å². The topological polar surface area (TPSA) is 58.5 Å². The van der Waals surface area contributed by atoms with E-state index in [9.17, 15) is 5.21 Å². The van der Waals surface area contributed by atoms with Crippen molar-refractivity contribution in [2.45, 2.75) is 13.8 Å². The van der Waals surface area contributed by atoms with Gasteiger partial charge in [0.2, 0.25) is 5.95 Å². The maximum atomic E-state index is 10.8. The minimum absolute atomic E-state index is 0.126. The predicted octanol–water partition coefficient (Wildman–Crippen LogP) is 0.710. The van der Waals surface area contributed by atoms with Crippen LogP contribution < -0.4 is 14.4 Å². The number of hydrogen-bond acceptors (Lipinski definition) is 4. The summed E-state index contributed by atoms with van der Waals surface area (Å²) in [4.78, 5) is 0.286. The van der Waals surface area contributed by atoms with Gasteiger partial charge in [0.05, 0.1) is 18.1 Å². The number of nitrogens with zero attached hydrogens (tertiary/aromatic N) is 1. The van der Waals surface area contributed by atoms with Crippen LogP contribution in [0.2, 0.25) is 0 Å². The molecule has 0 saturated heterocycles. The molecule has 5 nitrogen and oxygen atoms in total. The first-order valence-corrected chi connectivity index (χ1v) is 3.77. The molecule has 0 aromatic carbocycles. The molecule has 1 aromatic heterocycles. The van der Waals surface area contributed by atoms with Crippen LogP contribution in [-0.2, 0) is 0 Å². The summed E-state index contributed by atoms with van der Waals surface area (Å²) in [5.74, 6) is 0.303. The predicted molar refractivity (Wildman–Crippen MR) is 40.0 cm³/mol. The Labute approximate surface area is 70.0 Å². The molecule has 68 valence electrons. The van der Waals surface area contributed by atoms with Gasteiger partial charge in [0.15, 0.2) is 0 Å². The minimum atomic E-state index is 0.126. The Balaban J connectivity index is 2.70. The SMILES string of the molecule is CCOc1cc(OCC)[n+]([O-])o1. The fraction of sp³-hybridized carbons (Fsp3) is 0.571. The van der Waals surface area contributed by atoms with Crippen molar-refractivity contribution in [3.8, 4) is 11.8 Å². The molecule has 0 aliphatic carbocycles. The summed E-state index contributed by atoms with van der Waals surface area (Å²) < 4.78 is 14.5. The lowest BCUT2D eigenvalue weighted by atomic mass is 10.6. The van der Waals surface area contributed by atoms with Gasteiger partial charge in [0.1, 0.15) is 6.07 Å². The molecule has 0 atom stereocenters. The van der Waals surface area contributed by atoms with Crippen molar-refractivity contribution in [2.75, 3.05) is 13.2 Å². The van der Waals surface area contributed by atoms with Gasteiger partial charge in [-0.2, -0.15) is 0 Å².